The predicted octanol–water partition coefficient (Wildman–Crippen LogP) is 1.90. The van der Waals surface area contributed by atoms with Crippen molar-refractivity contribution in [2.45, 2.75) is 4.90 Å². The van der Waals surface area contributed by atoms with E-state index in [9.17, 15) is 18.0 Å². The fourth-order valence-corrected chi connectivity index (χ4v) is 3.11. The first-order valence-electron chi connectivity index (χ1n) is 6.70. The fraction of sp³-hybridized carbons (Fsp3) is 0.125. The van der Waals surface area contributed by atoms with Gasteiger partial charge in [0.05, 0.1) is 28.8 Å². The van der Waals surface area contributed by atoms with Gasteiger partial charge in [-0.2, -0.15) is 0 Å². The van der Waals surface area contributed by atoms with E-state index in [2.05, 4.69) is 0 Å². The third-order valence-corrected chi connectivity index (χ3v) is 4.67. The van der Waals surface area contributed by atoms with Crippen LogP contribution in [-0.4, -0.2) is 33.6 Å². The van der Waals surface area contributed by atoms with Crippen molar-refractivity contribution < 1.29 is 22.7 Å². The molecule has 0 saturated heterocycles. The van der Waals surface area contributed by atoms with Crippen LogP contribution in [0.2, 0.25) is 0 Å². The third-order valence-electron chi connectivity index (χ3n) is 3.58. The first kappa shape index (κ1) is 15.2. The lowest BCUT2D eigenvalue weighted by Gasteiger charge is -2.16. The number of ether oxygens (including phenoxy) is 1. The molecule has 0 atom stereocenters. The lowest BCUT2D eigenvalue weighted by Crippen LogP contribution is -2.29. The summed E-state index contributed by atoms with van der Waals surface area (Å²) in [7, 11) is -2.14. The van der Waals surface area contributed by atoms with Crippen molar-refractivity contribution in [2.24, 2.45) is 0 Å². The number of imide groups is 1. The molecule has 7 heteroatoms. The van der Waals surface area contributed by atoms with Crippen molar-refractivity contribution >= 4 is 27.3 Å². The largest absolute Gasteiger partial charge is 0.497 e. The van der Waals surface area contributed by atoms with Gasteiger partial charge in [-0.05, 0) is 24.3 Å². The molecule has 0 aliphatic carbocycles. The van der Waals surface area contributed by atoms with Gasteiger partial charge < -0.3 is 4.74 Å². The molecule has 1 heterocycles. The second kappa shape index (κ2) is 5.20. The van der Waals surface area contributed by atoms with Gasteiger partial charge >= 0.3 is 0 Å². The van der Waals surface area contributed by atoms with Crippen LogP contribution in [0.3, 0.4) is 0 Å². The standard InChI is InChI=1S/C16H13NO5S/c1-22-11-7-10(8-12(9-11)23(2,20)21)17-15(18)13-5-3-4-6-14(13)16(17)19/h3-9H,1-2H3. The van der Waals surface area contributed by atoms with E-state index in [1.54, 1.807) is 24.3 Å². The Morgan fingerprint density at radius 3 is 2.00 bits per heavy atom. The molecule has 2 aromatic rings. The number of methoxy groups -OCH3 is 1. The summed E-state index contributed by atoms with van der Waals surface area (Å²) in [4.78, 5) is 25.9. The quantitative estimate of drug-likeness (QED) is 0.803. The van der Waals surface area contributed by atoms with Crippen LogP contribution in [0.4, 0.5) is 5.69 Å². The zero-order valence-electron chi connectivity index (χ0n) is 12.4. The Hall–Kier alpha value is -2.67. The molecule has 2 amide bonds. The van der Waals surface area contributed by atoms with Crippen molar-refractivity contribution in [3.05, 3.63) is 53.6 Å². The Kier molecular flexibility index (Phi) is 3.45. The number of hydrogen-bond donors (Lipinski definition) is 0. The monoisotopic (exact) mass is 331 g/mol. The number of amides is 2. The maximum atomic E-state index is 12.5. The molecule has 0 N–H and O–H groups in total. The summed E-state index contributed by atoms with van der Waals surface area (Å²) in [5, 5.41) is 0. The van der Waals surface area contributed by atoms with Gasteiger partial charge in [-0.1, -0.05) is 12.1 Å². The molecule has 3 rings (SSSR count). The van der Waals surface area contributed by atoms with Crippen molar-refractivity contribution in [3.63, 3.8) is 0 Å². The van der Waals surface area contributed by atoms with Crippen LogP contribution < -0.4 is 9.64 Å². The SMILES string of the molecule is COc1cc(N2C(=O)c3ccccc3C2=O)cc(S(C)(=O)=O)c1. The highest BCUT2D eigenvalue weighted by Gasteiger charge is 2.36. The summed E-state index contributed by atoms with van der Waals surface area (Å²) in [5.41, 5.74) is 0.749. The first-order valence-corrected chi connectivity index (χ1v) is 8.59. The van der Waals surface area contributed by atoms with Gasteiger partial charge in [-0.15, -0.1) is 0 Å². The molecule has 0 fully saturated rings. The Balaban J connectivity index is 2.17. The first-order chi connectivity index (χ1) is 10.8. The van der Waals surface area contributed by atoms with E-state index in [0.717, 1.165) is 11.2 Å². The number of carbonyl (C=O) groups is 2. The fourth-order valence-electron chi connectivity index (χ4n) is 2.44. The zero-order valence-corrected chi connectivity index (χ0v) is 13.3. The molecule has 118 valence electrons. The number of carbonyl (C=O) groups excluding carboxylic acids is 2. The molecular weight excluding hydrogens is 318 g/mol. The van der Waals surface area contributed by atoms with Crippen molar-refractivity contribution in [1.29, 1.82) is 0 Å². The maximum Gasteiger partial charge on any atom is 0.266 e. The molecule has 0 radical (unpaired) electrons. The highest BCUT2D eigenvalue weighted by Crippen LogP contribution is 2.32. The van der Waals surface area contributed by atoms with Gasteiger partial charge in [0.25, 0.3) is 11.8 Å². The van der Waals surface area contributed by atoms with E-state index in [1.807, 2.05) is 0 Å². The van der Waals surface area contributed by atoms with Crippen molar-refractivity contribution in [2.75, 3.05) is 18.3 Å². The van der Waals surface area contributed by atoms with Gasteiger partial charge in [0, 0.05) is 12.3 Å². The third kappa shape index (κ3) is 2.49. The van der Waals surface area contributed by atoms with Gasteiger partial charge in [-0.3, -0.25) is 9.59 Å². The maximum absolute atomic E-state index is 12.5. The summed E-state index contributed by atoms with van der Waals surface area (Å²) in [6.45, 7) is 0. The minimum Gasteiger partial charge on any atom is -0.497 e. The van der Waals surface area contributed by atoms with Crippen molar-refractivity contribution in [1.82, 2.24) is 0 Å². The molecule has 2 aromatic carbocycles. The molecule has 6 nitrogen and oxygen atoms in total. The number of fused-ring (bicyclic) bond motifs is 1. The van der Waals surface area contributed by atoms with Gasteiger partial charge in [-0.25, -0.2) is 13.3 Å². The Labute approximate surface area is 133 Å². The second-order valence-electron chi connectivity index (χ2n) is 5.13. The van der Waals surface area contributed by atoms with E-state index in [0.29, 0.717) is 11.1 Å². The molecule has 0 bridgehead atoms. The lowest BCUT2D eigenvalue weighted by atomic mass is 10.1. The minimum atomic E-state index is -3.52. The summed E-state index contributed by atoms with van der Waals surface area (Å²) >= 11 is 0. The van der Waals surface area contributed by atoms with Crippen LogP contribution in [0.15, 0.2) is 47.4 Å². The van der Waals surface area contributed by atoms with E-state index in [-0.39, 0.29) is 16.3 Å². The van der Waals surface area contributed by atoms with Crippen LogP contribution in [0.5, 0.6) is 5.75 Å². The Morgan fingerprint density at radius 1 is 0.957 bits per heavy atom. The molecule has 23 heavy (non-hydrogen) atoms. The lowest BCUT2D eigenvalue weighted by molar-refractivity contribution is 0.0926. The summed E-state index contributed by atoms with van der Waals surface area (Å²) in [6.07, 6.45) is 1.05. The molecule has 0 saturated carbocycles. The van der Waals surface area contributed by atoms with Crippen LogP contribution in [0.1, 0.15) is 20.7 Å². The topological polar surface area (TPSA) is 80.8 Å². The number of sulfone groups is 1. The molecule has 0 unspecified atom stereocenters. The number of anilines is 1. The minimum absolute atomic E-state index is 0.0246. The van der Waals surface area contributed by atoms with Gasteiger partial charge in [0.2, 0.25) is 0 Å². The summed E-state index contributed by atoms with van der Waals surface area (Å²) in [6, 6.07) is 10.6. The highest BCUT2D eigenvalue weighted by molar-refractivity contribution is 7.90. The Morgan fingerprint density at radius 2 is 1.52 bits per heavy atom. The molecule has 1 aliphatic heterocycles. The van der Waals surface area contributed by atoms with E-state index in [1.165, 1.54) is 25.3 Å². The zero-order chi connectivity index (χ0) is 16.8. The van der Waals surface area contributed by atoms with Gasteiger partial charge in [0.1, 0.15) is 5.75 Å². The molecular formula is C16H13NO5S. The highest BCUT2D eigenvalue weighted by atomic mass is 32.2. The van der Waals surface area contributed by atoms with E-state index >= 15 is 0 Å². The van der Waals surface area contributed by atoms with Crippen LogP contribution >= 0.6 is 0 Å². The second-order valence-corrected chi connectivity index (χ2v) is 7.15. The average molecular weight is 331 g/mol. The molecule has 0 aromatic heterocycles. The molecule has 1 aliphatic rings. The van der Waals surface area contributed by atoms with Crippen molar-refractivity contribution in [3.8, 4) is 5.75 Å². The van der Waals surface area contributed by atoms with E-state index in [4.69, 9.17) is 4.74 Å². The average Bonchev–Trinajstić information content (AvgIpc) is 2.78. The van der Waals surface area contributed by atoms with Crippen LogP contribution in [-0.2, 0) is 9.84 Å². The predicted molar refractivity (Wildman–Crippen MR) is 83.7 cm³/mol. The summed E-state index contributed by atoms with van der Waals surface area (Å²) in [5.74, 6) is -0.726. The normalized spacial score (nSPS) is 14.1. The van der Waals surface area contributed by atoms with Gasteiger partial charge in [0.15, 0.2) is 9.84 Å². The number of benzene rings is 2. The van der Waals surface area contributed by atoms with E-state index < -0.39 is 21.7 Å². The number of hydrogen-bond acceptors (Lipinski definition) is 5. The smallest absolute Gasteiger partial charge is 0.266 e. The van der Waals surface area contributed by atoms with Crippen LogP contribution in [0.25, 0.3) is 0 Å². The number of nitrogens with zero attached hydrogens (tertiary/aromatic N) is 1. The number of rotatable bonds is 3. The van der Waals surface area contributed by atoms with Crippen LogP contribution in [0, 0.1) is 0 Å². The molecule has 0 spiro atoms. The summed E-state index contributed by atoms with van der Waals surface area (Å²) < 4.78 is 28.7. The Bertz CT molecular complexity index is 898.